The molecule has 22 aromatic rings. The maximum Gasteiger partial charge on any atom is 0.0332 e. The van der Waals surface area contributed by atoms with Crippen LogP contribution in [0, 0.1) is 27.7 Å². The van der Waals surface area contributed by atoms with Gasteiger partial charge < -0.3 is 0 Å². The van der Waals surface area contributed by atoms with Crippen LogP contribution >= 0.6 is 31.9 Å². The van der Waals surface area contributed by atoms with Crippen molar-refractivity contribution < 1.29 is 0 Å². The van der Waals surface area contributed by atoms with Gasteiger partial charge in [0.1, 0.15) is 0 Å². The number of fused-ring (bicyclic) bond motifs is 13. The van der Waals surface area contributed by atoms with E-state index in [0.29, 0.717) is 0 Å². The normalized spacial score (nSPS) is 12.0. The summed E-state index contributed by atoms with van der Waals surface area (Å²) in [6.45, 7) is 13.4. The fourth-order valence-electron chi connectivity index (χ4n) is 19.0. The van der Waals surface area contributed by atoms with Gasteiger partial charge >= 0.3 is 0 Å². The summed E-state index contributed by atoms with van der Waals surface area (Å²) in [7, 11) is 0. The maximum atomic E-state index is 3.80. The van der Waals surface area contributed by atoms with Gasteiger partial charge in [-0.05, 0) is 292 Å². The van der Waals surface area contributed by atoms with Gasteiger partial charge in [0.15, 0.2) is 0 Å². The number of rotatable bonds is 7. The molecule has 0 N–H and O–H groups in total. The van der Waals surface area contributed by atoms with Crippen molar-refractivity contribution in [3.05, 3.63) is 455 Å². The van der Waals surface area contributed by atoms with Crippen molar-refractivity contribution in [1.29, 1.82) is 0 Å². The predicted octanol–water partition coefficient (Wildman–Crippen LogP) is 35.0. The molecule has 0 fully saturated rings. The molecule has 0 unspecified atom stereocenters. The minimum atomic E-state index is -0.179. The van der Waals surface area contributed by atoms with Crippen molar-refractivity contribution >= 4 is 140 Å². The van der Waals surface area contributed by atoms with E-state index < -0.39 is 0 Å². The SMILES string of the molecule is Brc1c2ccccc2cc2ccccc12.Cc1ccc(-c2c3ccccc3c(-c3ccc(-c4ccc5c(c4)C(C)(C)c4cc(-c6c7ccccc7c(-c7ccc(C)cc7)c7ccccc67)ccc4-5)cc3)c3ccccc23)cc1.Cc1ccc(-c2c3ccccc3c(Br)c3ccccc23)cc1.Cc1ccc(-c2c3ccccc3cc3ccccc23)cc1. The van der Waals surface area contributed by atoms with E-state index in [0.717, 1.165) is 0 Å². The van der Waals surface area contributed by atoms with Gasteiger partial charge in [0.25, 0.3) is 0 Å². The first-order valence-electron chi connectivity index (χ1n) is 41.9. The third kappa shape index (κ3) is 13.9. The van der Waals surface area contributed by atoms with Crippen LogP contribution in [0.15, 0.2) is 421 Å². The molecule has 1 aliphatic rings. The molecule has 0 radical (unpaired) electrons. The van der Waals surface area contributed by atoms with Crippen LogP contribution in [-0.4, -0.2) is 0 Å². The highest BCUT2D eigenvalue weighted by Gasteiger charge is 2.36. The van der Waals surface area contributed by atoms with Gasteiger partial charge in [-0.25, -0.2) is 0 Å². The van der Waals surface area contributed by atoms with Gasteiger partial charge in [0.2, 0.25) is 0 Å². The highest BCUT2D eigenvalue weighted by Crippen LogP contribution is 2.54. The van der Waals surface area contributed by atoms with E-state index in [2.05, 4.69) is 486 Å². The molecule has 0 bridgehead atoms. The van der Waals surface area contributed by atoms with Crippen molar-refractivity contribution in [1.82, 2.24) is 0 Å². The molecule has 0 atom stereocenters. The molecule has 1 aliphatic carbocycles. The fraction of sp³-hybridized carbons (Fsp3) is 0.0588. The molecule has 0 nitrogen and oxygen atoms in total. The van der Waals surface area contributed by atoms with Crippen molar-refractivity contribution in [3.63, 3.8) is 0 Å². The van der Waals surface area contributed by atoms with Gasteiger partial charge in [-0.15, -0.1) is 0 Å². The summed E-state index contributed by atoms with van der Waals surface area (Å²) >= 11 is 7.48. The Balaban J connectivity index is 0.000000129. The molecule has 0 saturated heterocycles. The molecule has 0 aromatic heterocycles. The second-order valence-corrected chi connectivity index (χ2v) is 34.6. The number of aryl methyl sites for hydroxylation is 4. The summed E-state index contributed by atoms with van der Waals surface area (Å²) in [5, 5.41) is 25.7. The first-order chi connectivity index (χ1) is 59.3. The van der Waals surface area contributed by atoms with E-state index in [1.807, 2.05) is 0 Å². The van der Waals surface area contributed by atoms with Crippen LogP contribution in [0.4, 0.5) is 0 Å². The Hall–Kier alpha value is -13.6. The molecular formula is C119H86Br2. The molecule has 0 aliphatic heterocycles. The molecule has 121 heavy (non-hydrogen) atoms. The van der Waals surface area contributed by atoms with Gasteiger partial charge in [-0.3, -0.25) is 0 Å². The smallest absolute Gasteiger partial charge is 0.0332 e. The van der Waals surface area contributed by atoms with Crippen LogP contribution < -0.4 is 0 Å². The Labute approximate surface area is 724 Å². The summed E-state index contributed by atoms with van der Waals surface area (Å²) in [5.74, 6) is 0. The molecular weight excluding hydrogens is 1590 g/mol. The van der Waals surface area contributed by atoms with Crippen LogP contribution in [-0.2, 0) is 5.41 Å². The summed E-state index contributed by atoms with van der Waals surface area (Å²) in [6.07, 6.45) is 0. The summed E-state index contributed by atoms with van der Waals surface area (Å²) in [4.78, 5) is 0. The molecule has 0 saturated carbocycles. The first kappa shape index (κ1) is 76.1. The minimum absolute atomic E-state index is 0.179. The third-order valence-corrected chi connectivity index (χ3v) is 26.7. The number of hydrogen-bond donors (Lipinski definition) is 0. The summed E-state index contributed by atoms with van der Waals surface area (Å²) < 4.78 is 2.37. The number of halogens is 2. The summed E-state index contributed by atoms with van der Waals surface area (Å²) in [6, 6.07) is 151. The molecule has 576 valence electrons. The lowest BCUT2D eigenvalue weighted by atomic mass is 9.80. The van der Waals surface area contributed by atoms with Crippen molar-refractivity contribution in [2.45, 2.75) is 47.0 Å². The Morgan fingerprint density at radius 2 is 0.355 bits per heavy atom. The Morgan fingerprint density at radius 3 is 0.661 bits per heavy atom. The Morgan fingerprint density at radius 1 is 0.165 bits per heavy atom. The third-order valence-electron chi connectivity index (χ3n) is 25.0. The lowest BCUT2D eigenvalue weighted by molar-refractivity contribution is 0.661. The van der Waals surface area contributed by atoms with Crippen LogP contribution in [0.3, 0.4) is 0 Å². The Bertz CT molecular complexity index is 7520. The van der Waals surface area contributed by atoms with E-state index in [4.69, 9.17) is 0 Å². The summed E-state index contributed by atoms with van der Waals surface area (Å²) in [5.41, 5.74) is 28.2. The standard InChI is InChI=1S/C63H46.C21H15Br.C21H16.C14H9Br/c1-39-21-25-42(26-22-39)59-49-13-5-7-15-51(49)61(52-16-8-6-14-50(52)59)44-31-29-41(30-32-44)45-33-35-47-48-36-34-46(38-58(48)63(3,4)57(47)37-45)62-55-19-11-9-17-53(55)60(43-27-23-40(2)24-28-43)54-18-10-12-20-56(54)62;1-14-10-12-15(13-11-14)20-16-6-2-4-8-18(16)21(22)19-9-5-3-7-17(19)20;1-15-10-12-16(13-11-15)21-19-8-4-2-6-17(19)14-18-7-3-5-9-20(18)21;15-14-12-7-3-1-5-10(12)9-11-6-2-4-8-13(11)14/h5-38H,1-4H3;2-13H,1H3;2-14H,1H3;1-9H. The topological polar surface area (TPSA) is 0 Å². The van der Waals surface area contributed by atoms with E-state index in [9.17, 15) is 0 Å². The molecule has 23 rings (SSSR count). The predicted molar refractivity (Wildman–Crippen MR) is 531 cm³/mol. The second kappa shape index (κ2) is 31.9. The molecule has 22 aromatic carbocycles. The quantitative estimate of drug-likeness (QED) is 0.140. The van der Waals surface area contributed by atoms with Crippen molar-refractivity contribution in [2.24, 2.45) is 0 Å². The lowest BCUT2D eigenvalue weighted by Crippen LogP contribution is -2.15. The van der Waals surface area contributed by atoms with Crippen LogP contribution in [0.2, 0.25) is 0 Å². The fourth-order valence-corrected chi connectivity index (χ4v) is 20.4. The van der Waals surface area contributed by atoms with E-state index >= 15 is 0 Å². The zero-order chi connectivity index (χ0) is 82.0. The van der Waals surface area contributed by atoms with Crippen molar-refractivity contribution in [2.75, 3.05) is 0 Å². The number of benzene rings is 22. The van der Waals surface area contributed by atoms with Gasteiger partial charge in [-0.1, -0.05) is 424 Å². The van der Waals surface area contributed by atoms with E-state index in [1.54, 1.807) is 0 Å². The highest BCUT2D eigenvalue weighted by atomic mass is 79.9. The Kier molecular flexibility index (Phi) is 20.1. The lowest BCUT2D eigenvalue weighted by Gasteiger charge is -2.23. The molecule has 0 spiro atoms. The number of hydrogen-bond acceptors (Lipinski definition) is 0. The second-order valence-electron chi connectivity index (χ2n) is 33.0. The van der Waals surface area contributed by atoms with Crippen molar-refractivity contribution in [3.8, 4) is 89.0 Å². The first-order valence-corrected chi connectivity index (χ1v) is 43.5. The van der Waals surface area contributed by atoms with Gasteiger partial charge in [-0.2, -0.15) is 0 Å². The van der Waals surface area contributed by atoms with Crippen LogP contribution in [0.1, 0.15) is 47.2 Å². The van der Waals surface area contributed by atoms with Crippen LogP contribution in [0.5, 0.6) is 0 Å². The zero-order valence-corrected chi connectivity index (χ0v) is 71.7. The molecule has 2 heteroatoms. The maximum absolute atomic E-state index is 3.80. The zero-order valence-electron chi connectivity index (χ0n) is 68.5. The molecule has 0 heterocycles. The minimum Gasteiger partial charge on any atom is -0.0616 e. The average molecular weight is 1680 g/mol. The largest absolute Gasteiger partial charge is 0.0616 e. The molecule has 0 amide bonds. The highest BCUT2D eigenvalue weighted by molar-refractivity contribution is 9.11. The van der Waals surface area contributed by atoms with Crippen LogP contribution in [0.25, 0.3) is 197 Å². The average Bonchev–Trinajstić information content (AvgIpc) is 1.68. The van der Waals surface area contributed by atoms with Gasteiger partial charge in [0.05, 0.1) is 0 Å². The van der Waals surface area contributed by atoms with Gasteiger partial charge in [0, 0.05) is 14.4 Å². The van der Waals surface area contributed by atoms with E-state index in [1.165, 1.54) is 239 Å². The monoisotopic (exact) mass is 1670 g/mol. The van der Waals surface area contributed by atoms with E-state index in [-0.39, 0.29) is 5.41 Å².